The number of rotatable bonds is 25. The SMILES string of the molecule is CC/C=C\C/C=C\C/C=C\C/C=C\C/C=C\CCCC(=O)OC(COC(=O)CCCCC)COP(=O)(O)OC1C(O)C(O)C(O)C(O)C1O. The third kappa shape index (κ3) is 20.1. The Hall–Kier alpha value is -2.45. The van der Waals surface area contributed by atoms with Gasteiger partial charge in [0.25, 0.3) is 0 Å². The van der Waals surface area contributed by atoms with Gasteiger partial charge in [0.2, 0.25) is 0 Å². The molecule has 1 aliphatic carbocycles. The third-order valence-corrected chi connectivity index (χ3v) is 8.36. The van der Waals surface area contributed by atoms with Crippen LogP contribution in [-0.2, 0) is 32.7 Å². The molecule has 13 nitrogen and oxygen atoms in total. The number of ether oxygens (including phenoxy) is 2. The molecular formula is C35H57O13P. The molecule has 1 fully saturated rings. The summed E-state index contributed by atoms with van der Waals surface area (Å²) in [6.07, 6.45) is 15.7. The molecule has 0 radical (unpaired) electrons. The monoisotopic (exact) mass is 716 g/mol. The molecule has 280 valence electrons. The summed E-state index contributed by atoms with van der Waals surface area (Å²) in [5, 5.41) is 49.6. The minimum Gasteiger partial charge on any atom is -0.462 e. The maximum absolute atomic E-state index is 12.6. The maximum atomic E-state index is 12.6. The van der Waals surface area contributed by atoms with Crippen LogP contribution in [0.3, 0.4) is 0 Å². The molecule has 6 N–H and O–H groups in total. The van der Waals surface area contributed by atoms with Crippen molar-refractivity contribution in [2.75, 3.05) is 13.2 Å². The number of unbranched alkanes of at least 4 members (excludes halogenated alkanes) is 3. The molecule has 0 aromatic heterocycles. The Morgan fingerprint density at radius 2 is 1.14 bits per heavy atom. The fourth-order valence-electron chi connectivity index (χ4n) is 4.55. The van der Waals surface area contributed by atoms with Gasteiger partial charge in [-0.25, -0.2) is 4.57 Å². The van der Waals surface area contributed by atoms with E-state index in [1.165, 1.54) is 0 Å². The Balaban J connectivity index is 2.54. The van der Waals surface area contributed by atoms with Crippen molar-refractivity contribution in [2.24, 2.45) is 0 Å². The van der Waals surface area contributed by atoms with Gasteiger partial charge in [-0.3, -0.25) is 18.6 Å². The van der Waals surface area contributed by atoms with Crippen molar-refractivity contribution < 1.29 is 63.1 Å². The van der Waals surface area contributed by atoms with E-state index in [1.54, 1.807) is 0 Å². The van der Waals surface area contributed by atoms with Crippen LogP contribution in [0.5, 0.6) is 0 Å². The van der Waals surface area contributed by atoms with Crippen LogP contribution in [0.1, 0.15) is 90.9 Å². The highest BCUT2D eigenvalue weighted by atomic mass is 31.2. The molecule has 0 saturated heterocycles. The minimum atomic E-state index is -5.11. The molecule has 1 rings (SSSR count). The summed E-state index contributed by atoms with van der Waals surface area (Å²) in [4.78, 5) is 34.8. The molecule has 6 unspecified atom stereocenters. The zero-order valence-corrected chi connectivity index (χ0v) is 29.6. The first-order chi connectivity index (χ1) is 23.4. The van der Waals surface area contributed by atoms with Crippen LogP contribution in [-0.4, -0.2) is 98.3 Å². The normalized spacial score (nSPS) is 25.1. The maximum Gasteiger partial charge on any atom is 0.472 e. The second-order valence-corrected chi connectivity index (χ2v) is 13.0. The zero-order valence-electron chi connectivity index (χ0n) is 28.7. The molecule has 1 saturated carbocycles. The van der Waals surface area contributed by atoms with Gasteiger partial charge in [0.1, 0.15) is 43.2 Å². The Labute approximate surface area is 290 Å². The molecule has 49 heavy (non-hydrogen) atoms. The highest BCUT2D eigenvalue weighted by Crippen LogP contribution is 2.47. The van der Waals surface area contributed by atoms with Crippen molar-refractivity contribution >= 4 is 19.8 Å². The quantitative estimate of drug-likeness (QED) is 0.0338. The smallest absolute Gasteiger partial charge is 0.462 e. The Morgan fingerprint density at radius 3 is 1.67 bits per heavy atom. The van der Waals surface area contributed by atoms with Gasteiger partial charge >= 0.3 is 19.8 Å². The van der Waals surface area contributed by atoms with Gasteiger partial charge in [-0.1, -0.05) is 87.4 Å². The van der Waals surface area contributed by atoms with Gasteiger partial charge in [0.05, 0.1) is 6.61 Å². The number of aliphatic hydroxyl groups is 5. The van der Waals surface area contributed by atoms with Crippen molar-refractivity contribution in [2.45, 2.75) is 134 Å². The van der Waals surface area contributed by atoms with Crippen LogP contribution < -0.4 is 0 Å². The van der Waals surface area contributed by atoms with Crippen LogP contribution in [0.2, 0.25) is 0 Å². The summed E-state index contributed by atoms with van der Waals surface area (Å²) in [5.74, 6) is -1.21. The summed E-state index contributed by atoms with van der Waals surface area (Å²) < 4.78 is 32.8. The van der Waals surface area contributed by atoms with E-state index >= 15 is 0 Å². The van der Waals surface area contributed by atoms with Crippen molar-refractivity contribution in [1.29, 1.82) is 0 Å². The van der Waals surface area contributed by atoms with Crippen LogP contribution in [0.25, 0.3) is 0 Å². The second-order valence-electron chi connectivity index (χ2n) is 11.6. The number of phosphoric acid groups is 1. The largest absolute Gasteiger partial charge is 0.472 e. The summed E-state index contributed by atoms with van der Waals surface area (Å²) in [6.45, 7) is 2.86. The molecule has 0 amide bonds. The van der Waals surface area contributed by atoms with E-state index in [0.29, 0.717) is 19.3 Å². The number of esters is 2. The average molecular weight is 717 g/mol. The topological polar surface area (TPSA) is 210 Å². The highest BCUT2D eigenvalue weighted by Gasteiger charge is 2.51. The minimum absolute atomic E-state index is 0.0150. The zero-order chi connectivity index (χ0) is 36.5. The standard InChI is InChI=1S/C35H57O13P/c1-3-5-7-8-9-10-11-12-13-14-15-16-17-18-19-20-22-24-29(37)47-27(25-45-28(36)23-21-6-4-2)26-46-49(43,44)48-35-33(41)31(39)30(38)32(40)34(35)42/h5,7,9-10,12-13,15-16,18-19,27,30-35,38-42H,3-4,6,8,11,14,17,20-26H2,1-2H3,(H,43,44)/b7-5-,10-9-,13-12-,16-15-,19-18-. The summed E-state index contributed by atoms with van der Waals surface area (Å²) in [7, 11) is -5.11. The molecule has 0 bridgehead atoms. The molecule has 0 aromatic carbocycles. The Morgan fingerprint density at radius 1 is 0.653 bits per heavy atom. The van der Waals surface area contributed by atoms with Crippen LogP contribution >= 0.6 is 7.82 Å². The molecule has 1 aliphatic rings. The number of hydrogen-bond donors (Lipinski definition) is 6. The van der Waals surface area contributed by atoms with Gasteiger partial charge in [-0.05, 0) is 51.4 Å². The lowest BCUT2D eigenvalue weighted by atomic mass is 9.85. The lowest BCUT2D eigenvalue weighted by Gasteiger charge is -2.41. The molecule has 6 atom stereocenters. The number of carbonyl (C=O) groups is 2. The van der Waals surface area contributed by atoms with E-state index < -0.39 is 75.7 Å². The van der Waals surface area contributed by atoms with E-state index in [0.717, 1.165) is 44.9 Å². The molecule has 0 aromatic rings. The fraction of sp³-hybridized carbons (Fsp3) is 0.657. The first kappa shape index (κ1) is 44.6. The lowest BCUT2D eigenvalue weighted by molar-refractivity contribution is -0.220. The summed E-state index contributed by atoms with van der Waals surface area (Å²) >= 11 is 0. The Kier molecular flexibility index (Phi) is 24.0. The van der Waals surface area contributed by atoms with Crippen molar-refractivity contribution in [3.63, 3.8) is 0 Å². The molecule has 0 heterocycles. The van der Waals surface area contributed by atoms with Gasteiger partial charge in [0, 0.05) is 12.8 Å². The third-order valence-electron chi connectivity index (χ3n) is 7.37. The number of phosphoric ester groups is 1. The van der Waals surface area contributed by atoms with Gasteiger partial charge in [-0.2, -0.15) is 0 Å². The van der Waals surface area contributed by atoms with Gasteiger partial charge < -0.3 is 39.9 Å². The van der Waals surface area contributed by atoms with E-state index in [4.69, 9.17) is 18.5 Å². The van der Waals surface area contributed by atoms with Crippen LogP contribution in [0.15, 0.2) is 60.8 Å². The van der Waals surface area contributed by atoms with Gasteiger partial charge in [0.15, 0.2) is 6.10 Å². The summed E-state index contributed by atoms with van der Waals surface area (Å²) in [5.41, 5.74) is 0. The van der Waals surface area contributed by atoms with Gasteiger partial charge in [-0.15, -0.1) is 0 Å². The molecule has 0 spiro atoms. The number of aliphatic hydroxyl groups excluding tert-OH is 5. The second kappa shape index (κ2) is 26.4. The number of carbonyl (C=O) groups excluding carboxylic acids is 2. The molecule has 0 aliphatic heterocycles. The van der Waals surface area contributed by atoms with E-state index in [9.17, 15) is 44.6 Å². The molecular weight excluding hydrogens is 659 g/mol. The van der Waals surface area contributed by atoms with E-state index in [1.807, 2.05) is 19.1 Å². The van der Waals surface area contributed by atoms with E-state index in [-0.39, 0.29) is 12.8 Å². The van der Waals surface area contributed by atoms with Crippen LogP contribution in [0.4, 0.5) is 0 Å². The number of hydrogen-bond acceptors (Lipinski definition) is 12. The lowest BCUT2D eigenvalue weighted by Crippen LogP contribution is -2.64. The van der Waals surface area contributed by atoms with Crippen molar-refractivity contribution in [3.8, 4) is 0 Å². The average Bonchev–Trinajstić information content (AvgIpc) is 3.07. The first-order valence-corrected chi connectivity index (χ1v) is 18.6. The molecule has 14 heteroatoms. The summed E-state index contributed by atoms with van der Waals surface area (Å²) in [6, 6.07) is 0. The van der Waals surface area contributed by atoms with E-state index in [2.05, 4.69) is 55.5 Å². The van der Waals surface area contributed by atoms with Crippen LogP contribution in [0, 0.1) is 0 Å². The van der Waals surface area contributed by atoms with Crippen molar-refractivity contribution in [1.82, 2.24) is 0 Å². The Bertz CT molecular complexity index is 1100. The predicted molar refractivity (Wildman–Crippen MR) is 184 cm³/mol. The number of allylic oxidation sites excluding steroid dienone is 10. The fourth-order valence-corrected chi connectivity index (χ4v) is 5.53. The van der Waals surface area contributed by atoms with Crippen molar-refractivity contribution in [3.05, 3.63) is 60.8 Å². The highest BCUT2D eigenvalue weighted by molar-refractivity contribution is 7.47. The predicted octanol–water partition coefficient (Wildman–Crippen LogP) is 4.26. The first-order valence-electron chi connectivity index (χ1n) is 17.1.